The molecule has 6 nitrogen and oxygen atoms in total. The van der Waals surface area contributed by atoms with Gasteiger partial charge in [-0.1, -0.05) is 12.1 Å². The van der Waals surface area contributed by atoms with Gasteiger partial charge >= 0.3 is 12.1 Å². The molecule has 0 aliphatic rings. The van der Waals surface area contributed by atoms with Gasteiger partial charge in [0.1, 0.15) is 17.1 Å². The van der Waals surface area contributed by atoms with Gasteiger partial charge in [0.15, 0.2) is 5.96 Å². The Kier molecular flexibility index (Phi) is 7.62. The molecule has 2 aromatic rings. The molecule has 0 aromatic heterocycles. The van der Waals surface area contributed by atoms with E-state index in [1.165, 1.54) is 21.3 Å². The van der Waals surface area contributed by atoms with Gasteiger partial charge in [-0.05, 0) is 35.4 Å². The second-order valence-corrected chi connectivity index (χ2v) is 6.10. The largest absolute Gasteiger partial charge is 0.496 e. The van der Waals surface area contributed by atoms with Crippen molar-refractivity contribution in [3.63, 3.8) is 0 Å². The van der Waals surface area contributed by atoms with Gasteiger partial charge in [0.2, 0.25) is 0 Å². The van der Waals surface area contributed by atoms with Gasteiger partial charge in [0.05, 0.1) is 19.8 Å². The second kappa shape index (κ2) is 9.95. The standard InChI is InChI=1S/C20H21F4N3O3/c1-25-19(27-11-13-5-6-14(21)9-16(13)20(22,23)24)26-10-12-4-7-17(29-2)15(8-12)18(28)30-3/h4-9H,10-11H2,1-3H3,(H2,25,26,27). The molecule has 0 aliphatic carbocycles. The number of benzene rings is 2. The highest BCUT2D eigenvalue weighted by molar-refractivity contribution is 5.92. The smallest absolute Gasteiger partial charge is 0.416 e. The lowest BCUT2D eigenvalue weighted by Gasteiger charge is -2.16. The minimum Gasteiger partial charge on any atom is -0.496 e. The Morgan fingerprint density at radius 2 is 1.77 bits per heavy atom. The molecule has 10 heteroatoms. The van der Waals surface area contributed by atoms with E-state index in [9.17, 15) is 22.4 Å². The van der Waals surface area contributed by atoms with Crippen molar-refractivity contribution < 1.29 is 31.8 Å². The molecule has 0 atom stereocenters. The van der Waals surface area contributed by atoms with Crippen molar-refractivity contribution in [2.75, 3.05) is 21.3 Å². The first-order valence-electron chi connectivity index (χ1n) is 8.75. The van der Waals surface area contributed by atoms with E-state index in [1.54, 1.807) is 18.2 Å². The Balaban J connectivity index is 2.07. The van der Waals surface area contributed by atoms with Crippen molar-refractivity contribution in [2.45, 2.75) is 19.3 Å². The monoisotopic (exact) mass is 427 g/mol. The highest BCUT2D eigenvalue weighted by Crippen LogP contribution is 2.32. The van der Waals surface area contributed by atoms with Crippen LogP contribution in [0.4, 0.5) is 17.6 Å². The molecule has 2 rings (SSSR count). The number of esters is 1. The Morgan fingerprint density at radius 1 is 1.07 bits per heavy atom. The summed E-state index contributed by atoms with van der Waals surface area (Å²) in [6, 6.07) is 7.39. The number of hydrogen-bond acceptors (Lipinski definition) is 4. The number of guanidine groups is 1. The Hall–Kier alpha value is -3.30. The maximum Gasteiger partial charge on any atom is 0.416 e. The lowest BCUT2D eigenvalue weighted by Crippen LogP contribution is -2.36. The van der Waals surface area contributed by atoms with Crippen molar-refractivity contribution in [3.8, 4) is 5.75 Å². The molecule has 0 aliphatic heterocycles. The summed E-state index contributed by atoms with van der Waals surface area (Å²) in [7, 11) is 4.14. The van der Waals surface area contributed by atoms with Crippen molar-refractivity contribution in [2.24, 2.45) is 4.99 Å². The summed E-state index contributed by atoms with van der Waals surface area (Å²) in [6.07, 6.45) is -4.68. The quantitative estimate of drug-likeness (QED) is 0.320. The lowest BCUT2D eigenvalue weighted by atomic mass is 10.1. The van der Waals surface area contributed by atoms with Crippen molar-refractivity contribution in [1.82, 2.24) is 10.6 Å². The maximum absolute atomic E-state index is 13.2. The van der Waals surface area contributed by atoms with Gasteiger partial charge in [-0.3, -0.25) is 4.99 Å². The zero-order valence-electron chi connectivity index (χ0n) is 16.6. The molecule has 0 spiro atoms. The SMILES string of the molecule is CN=C(NCc1ccc(OC)c(C(=O)OC)c1)NCc1ccc(F)cc1C(F)(F)F. The number of rotatable bonds is 6. The van der Waals surface area contributed by atoms with Crippen LogP contribution in [0.1, 0.15) is 27.0 Å². The molecule has 0 amide bonds. The molecule has 2 aromatic carbocycles. The number of nitrogens with zero attached hydrogens (tertiary/aromatic N) is 1. The lowest BCUT2D eigenvalue weighted by molar-refractivity contribution is -0.138. The van der Waals surface area contributed by atoms with E-state index < -0.39 is 23.5 Å². The van der Waals surface area contributed by atoms with E-state index in [0.717, 1.165) is 12.1 Å². The van der Waals surface area contributed by atoms with Gasteiger partial charge in [0, 0.05) is 20.1 Å². The molecule has 162 valence electrons. The highest BCUT2D eigenvalue weighted by Gasteiger charge is 2.33. The predicted octanol–water partition coefficient (Wildman–Crippen LogP) is 3.50. The fraction of sp³-hybridized carbons (Fsp3) is 0.300. The predicted molar refractivity (Wildman–Crippen MR) is 103 cm³/mol. The van der Waals surface area contributed by atoms with Crippen LogP contribution < -0.4 is 15.4 Å². The molecule has 0 heterocycles. The molecule has 0 unspecified atom stereocenters. The molecule has 2 N–H and O–H groups in total. The Bertz CT molecular complexity index is 930. The fourth-order valence-corrected chi connectivity index (χ4v) is 2.69. The van der Waals surface area contributed by atoms with E-state index in [1.807, 2.05) is 0 Å². The van der Waals surface area contributed by atoms with Crippen LogP contribution in [0.25, 0.3) is 0 Å². The van der Waals surface area contributed by atoms with Gasteiger partial charge < -0.3 is 20.1 Å². The minimum absolute atomic E-state index is 0.121. The number of alkyl halides is 3. The molecule has 0 saturated heterocycles. The summed E-state index contributed by atoms with van der Waals surface area (Å²) in [5, 5.41) is 5.70. The number of carbonyl (C=O) groups excluding carboxylic acids is 1. The van der Waals surface area contributed by atoms with Gasteiger partial charge in [0.25, 0.3) is 0 Å². The van der Waals surface area contributed by atoms with E-state index in [2.05, 4.69) is 15.6 Å². The summed E-state index contributed by atoms with van der Waals surface area (Å²) in [6.45, 7) is 0.00796. The zero-order valence-corrected chi connectivity index (χ0v) is 16.6. The third kappa shape index (κ3) is 5.85. The van der Waals surface area contributed by atoms with E-state index in [-0.39, 0.29) is 30.2 Å². The molecule has 0 saturated carbocycles. The fourth-order valence-electron chi connectivity index (χ4n) is 2.69. The molecule has 0 radical (unpaired) electrons. The average molecular weight is 427 g/mol. The number of nitrogens with one attached hydrogen (secondary N) is 2. The number of hydrogen-bond donors (Lipinski definition) is 2. The second-order valence-electron chi connectivity index (χ2n) is 6.10. The van der Waals surface area contributed by atoms with Crippen LogP contribution in [0.3, 0.4) is 0 Å². The van der Waals surface area contributed by atoms with Crippen LogP contribution >= 0.6 is 0 Å². The zero-order chi connectivity index (χ0) is 22.3. The summed E-state index contributed by atoms with van der Waals surface area (Å²) in [4.78, 5) is 15.8. The first kappa shape index (κ1) is 23.0. The number of methoxy groups -OCH3 is 2. The molecular formula is C20H21F4N3O3. The normalized spacial score (nSPS) is 11.8. The van der Waals surface area contributed by atoms with Crippen molar-refractivity contribution in [3.05, 3.63) is 64.5 Å². The number of aliphatic imine (C=N–C) groups is 1. The first-order chi connectivity index (χ1) is 14.2. The van der Waals surface area contributed by atoms with Gasteiger partial charge in [-0.25, -0.2) is 9.18 Å². The number of ether oxygens (including phenoxy) is 2. The molecule has 0 fully saturated rings. The van der Waals surface area contributed by atoms with Crippen LogP contribution in [0.15, 0.2) is 41.4 Å². The topological polar surface area (TPSA) is 72.0 Å². The number of halogens is 4. The highest BCUT2D eigenvalue weighted by atomic mass is 19.4. The Morgan fingerprint density at radius 3 is 2.37 bits per heavy atom. The minimum atomic E-state index is -4.68. The summed E-state index contributed by atoms with van der Waals surface area (Å²) < 4.78 is 62.4. The van der Waals surface area contributed by atoms with E-state index >= 15 is 0 Å². The summed E-state index contributed by atoms with van der Waals surface area (Å²) in [5.41, 5.74) is -0.243. The Labute approximate surface area is 170 Å². The van der Waals surface area contributed by atoms with Gasteiger partial charge in [-0.15, -0.1) is 0 Å². The van der Waals surface area contributed by atoms with Crippen LogP contribution in [0.5, 0.6) is 5.75 Å². The molecule has 30 heavy (non-hydrogen) atoms. The number of carbonyl (C=O) groups is 1. The van der Waals surface area contributed by atoms with Crippen LogP contribution in [-0.4, -0.2) is 33.2 Å². The van der Waals surface area contributed by atoms with Crippen LogP contribution in [0.2, 0.25) is 0 Å². The maximum atomic E-state index is 13.2. The van der Waals surface area contributed by atoms with Crippen molar-refractivity contribution in [1.29, 1.82) is 0 Å². The molecule has 0 bridgehead atoms. The van der Waals surface area contributed by atoms with E-state index in [0.29, 0.717) is 17.4 Å². The van der Waals surface area contributed by atoms with E-state index in [4.69, 9.17) is 9.47 Å². The third-order valence-electron chi connectivity index (χ3n) is 4.18. The first-order valence-corrected chi connectivity index (χ1v) is 8.75. The molecular weight excluding hydrogens is 406 g/mol. The van der Waals surface area contributed by atoms with Gasteiger partial charge in [-0.2, -0.15) is 13.2 Å². The van der Waals surface area contributed by atoms with Crippen LogP contribution in [0, 0.1) is 5.82 Å². The average Bonchev–Trinajstić information content (AvgIpc) is 2.73. The van der Waals surface area contributed by atoms with Crippen molar-refractivity contribution >= 4 is 11.9 Å². The summed E-state index contributed by atoms with van der Waals surface area (Å²) >= 11 is 0. The third-order valence-corrected chi connectivity index (χ3v) is 4.18. The summed E-state index contributed by atoms with van der Waals surface area (Å²) in [5.74, 6) is -0.950. The van der Waals surface area contributed by atoms with Crippen LogP contribution in [-0.2, 0) is 24.0 Å².